The van der Waals surface area contributed by atoms with Crippen molar-refractivity contribution < 1.29 is 35.2 Å². The number of amides is 1. The minimum atomic E-state index is -4.59. The number of nitrogens with one attached hydrogen (secondary N) is 1. The van der Waals surface area contributed by atoms with Crippen molar-refractivity contribution in [2.75, 3.05) is 5.32 Å². The molecule has 0 aliphatic rings. The van der Waals surface area contributed by atoms with Crippen LogP contribution in [0.15, 0.2) is 17.0 Å². The zero-order valence-electron chi connectivity index (χ0n) is 10.2. The van der Waals surface area contributed by atoms with E-state index >= 15 is 0 Å². The predicted octanol–water partition coefficient (Wildman–Crippen LogP) is 1.89. The van der Waals surface area contributed by atoms with Crippen molar-refractivity contribution in [1.82, 2.24) is 0 Å². The molecule has 0 radical (unpaired) electrons. The number of carbonyl (C=O) groups is 1. The Morgan fingerprint density at radius 1 is 1.19 bits per heavy atom. The first-order valence-electron chi connectivity index (χ1n) is 5.28. The van der Waals surface area contributed by atoms with Gasteiger partial charge < -0.3 is 5.32 Å². The van der Waals surface area contributed by atoms with Gasteiger partial charge in [0.05, 0.1) is 11.3 Å². The van der Waals surface area contributed by atoms with Gasteiger partial charge in [0.1, 0.15) is 5.69 Å². The Morgan fingerprint density at radius 2 is 1.67 bits per heavy atom. The van der Waals surface area contributed by atoms with Gasteiger partial charge >= 0.3 is 6.18 Å². The molecule has 0 spiro atoms. The first kappa shape index (κ1) is 17.3. The molecule has 0 heterocycles. The van der Waals surface area contributed by atoms with Crippen molar-refractivity contribution in [2.45, 2.75) is 23.9 Å². The van der Waals surface area contributed by atoms with E-state index < -0.39 is 57.2 Å². The van der Waals surface area contributed by atoms with Crippen LogP contribution in [0.2, 0.25) is 0 Å². The second-order valence-electron chi connectivity index (χ2n) is 3.97. The lowest BCUT2D eigenvalue weighted by atomic mass is 10.2. The van der Waals surface area contributed by atoms with Crippen LogP contribution in [0.1, 0.15) is 12.8 Å². The molecule has 0 unspecified atom stereocenters. The van der Waals surface area contributed by atoms with Gasteiger partial charge in [0.2, 0.25) is 15.9 Å². The van der Waals surface area contributed by atoms with Gasteiger partial charge in [0.15, 0.2) is 11.6 Å². The molecule has 0 atom stereocenters. The molecule has 1 amide bonds. The Hall–Kier alpha value is -1.75. The molecule has 3 N–H and O–H groups in total. The molecule has 0 bridgehead atoms. The third-order valence-electron chi connectivity index (χ3n) is 2.24. The van der Waals surface area contributed by atoms with Gasteiger partial charge in [0.25, 0.3) is 0 Å². The monoisotopic (exact) mass is 332 g/mol. The van der Waals surface area contributed by atoms with Crippen molar-refractivity contribution in [2.24, 2.45) is 5.14 Å². The highest BCUT2D eigenvalue weighted by atomic mass is 32.2. The molecule has 0 aliphatic carbocycles. The van der Waals surface area contributed by atoms with E-state index in [1.807, 2.05) is 0 Å². The lowest BCUT2D eigenvalue weighted by Crippen LogP contribution is -2.19. The van der Waals surface area contributed by atoms with Gasteiger partial charge in [-0.25, -0.2) is 22.3 Å². The number of hydrogen-bond donors (Lipinski definition) is 2. The maximum atomic E-state index is 13.5. The van der Waals surface area contributed by atoms with Gasteiger partial charge in [-0.15, -0.1) is 0 Å². The number of hydrogen-bond acceptors (Lipinski definition) is 3. The predicted molar refractivity (Wildman–Crippen MR) is 61.6 cm³/mol. The number of sulfonamides is 1. The molecule has 5 nitrogen and oxygen atoms in total. The molecule has 0 saturated heterocycles. The fourth-order valence-corrected chi connectivity index (χ4v) is 1.83. The quantitative estimate of drug-likeness (QED) is 0.825. The standard InChI is InChI=1S/C10H9F5N2O3S/c11-6-3-5(21(16,19)20)4-7(12)9(6)17-8(18)1-2-10(13,14)15/h3-4H,1-2H2,(H,17,18)(H2,16,19,20). The van der Waals surface area contributed by atoms with E-state index in [0.29, 0.717) is 12.1 Å². The molecule has 0 saturated carbocycles. The first-order chi connectivity index (χ1) is 9.40. The van der Waals surface area contributed by atoms with Crippen LogP contribution in [0.25, 0.3) is 0 Å². The van der Waals surface area contributed by atoms with Crippen molar-refractivity contribution in [1.29, 1.82) is 0 Å². The third kappa shape index (κ3) is 5.27. The summed E-state index contributed by atoms with van der Waals surface area (Å²) in [6.07, 6.45) is -7.08. The van der Waals surface area contributed by atoms with Gasteiger partial charge in [0, 0.05) is 6.42 Å². The summed E-state index contributed by atoms with van der Waals surface area (Å²) >= 11 is 0. The van der Waals surface area contributed by atoms with E-state index in [4.69, 9.17) is 0 Å². The molecule has 118 valence electrons. The van der Waals surface area contributed by atoms with Gasteiger partial charge in [-0.3, -0.25) is 4.79 Å². The highest BCUT2D eigenvalue weighted by molar-refractivity contribution is 7.89. The summed E-state index contributed by atoms with van der Waals surface area (Å²) in [5.41, 5.74) is -1.05. The van der Waals surface area contributed by atoms with Crippen LogP contribution >= 0.6 is 0 Å². The number of rotatable bonds is 4. The number of halogens is 5. The van der Waals surface area contributed by atoms with E-state index in [0.717, 1.165) is 0 Å². The average Bonchev–Trinajstić information content (AvgIpc) is 2.29. The third-order valence-corrected chi connectivity index (χ3v) is 3.14. The highest BCUT2D eigenvalue weighted by Gasteiger charge is 2.28. The van der Waals surface area contributed by atoms with Crippen LogP contribution in [-0.4, -0.2) is 20.5 Å². The Balaban J connectivity index is 2.93. The van der Waals surface area contributed by atoms with Crippen LogP contribution in [0.3, 0.4) is 0 Å². The zero-order valence-corrected chi connectivity index (χ0v) is 11.0. The minimum absolute atomic E-state index is 0.345. The zero-order chi connectivity index (χ0) is 16.4. The molecular formula is C10H9F5N2O3S. The summed E-state index contributed by atoms with van der Waals surface area (Å²) in [4.78, 5) is 10.3. The maximum absolute atomic E-state index is 13.5. The fraction of sp³-hybridized carbons (Fsp3) is 0.300. The smallest absolute Gasteiger partial charge is 0.321 e. The van der Waals surface area contributed by atoms with Crippen LogP contribution in [-0.2, 0) is 14.8 Å². The molecule has 0 aromatic heterocycles. The Kier molecular flexibility index (Phi) is 4.89. The summed E-state index contributed by atoms with van der Waals surface area (Å²) < 4.78 is 84.5. The molecule has 11 heteroatoms. The summed E-state index contributed by atoms with van der Waals surface area (Å²) in [7, 11) is -4.36. The fourth-order valence-electron chi connectivity index (χ4n) is 1.29. The summed E-state index contributed by atoms with van der Waals surface area (Å²) in [6.45, 7) is 0. The first-order valence-corrected chi connectivity index (χ1v) is 6.83. The van der Waals surface area contributed by atoms with Crippen molar-refractivity contribution >= 4 is 21.6 Å². The van der Waals surface area contributed by atoms with E-state index in [9.17, 15) is 35.2 Å². The maximum Gasteiger partial charge on any atom is 0.389 e. The summed E-state index contributed by atoms with van der Waals surface area (Å²) in [5.74, 6) is -4.22. The lowest BCUT2D eigenvalue weighted by molar-refractivity contribution is -0.142. The Morgan fingerprint density at radius 3 is 2.05 bits per heavy atom. The minimum Gasteiger partial charge on any atom is -0.321 e. The van der Waals surface area contributed by atoms with Crippen LogP contribution in [0, 0.1) is 11.6 Å². The summed E-state index contributed by atoms with van der Waals surface area (Å²) in [5, 5.41) is 6.27. The number of primary sulfonamides is 1. The molecule has 1 rings (SSSR count). The number of alkyl halides is 3. The number of anilines is 1. The highest BCUT2D eigenvalue weighted by Crippen LogP contribution is 2.25. The van der Waals surface area contributed by atoms with Crippen molar-refractivity contribution in [3.05, 3.63) is 23.8 Å². The van der Waals surface area contributed by atoms with Crippen LogP contribution in [0.4, 0.5) is 27.6 Å². The van der Waals surface area contributed by atoms with Gasteiger partial charge in [-0.1, -0.05) is 0 Å². The van der Waals surface area contributed by atoms with Crippen LogP contribution < -0.4 is 10.5 Å². The topological polar surface area (TPSA) is 89.3 Å². The molecule has 1 aromatic rings. The Bertz CT molecular complexity index is 634. The van der Waals surface area contributed by atoms with Crippen molar-refractivity contribution in [3.63, 3.8) is 0 Å². The van der Waals surface area contributed by atoms with Gasteiger partial charge in [-0.05, 0) is 12.1 Å². The van der Waals surface area contributed by atoms with E-state index in [-0.39, 0.29) is 0 Å². The molecule has 1 aromatic carbocycles. The number of benzene rings is 1. The van der Waals surface area contributed by atoms with Crippen LogP contribution in [0.5, 0.6) is 0 Å². The second-order valence-corrected chi connectivity index (χ2v) is 5.53. The Labute approximate surface area is 116 Å². The molecule has 21 heavy (non-hydrogen) atoms. The van der Waals surface area contributed by atoms with E-state index in [1.165, 1.54) is 0 Å². The van der Waals surface area contributed by atoms with E-state index in [1.54, 1.807) is 5.32 Å². The number of carbonyl (C=O) groups excluding carboxylic acids is 1. The molecule has 0 fully saturated rings. The van der Waals surface area contributed by atoms with Crippen molar-refractivity contribution in [3.8, 4) is 0 Å². The van der Waals surface area contributed by atoms with Gasteiger partial charge in [-0.2, -0.15) is 13.2 Å². The molecular weight excluding hydrogens is 323 g/mol. The second kappa shape index (κ2) is 5.93. The number of nitrogens with two attached hydrogens (primary N) is 1. The summed E-state index contributed by atoms with van der Waals surface area (Å²) in [6, 6.07) is 0.690. The SMILES string of the molecule is NS(=O)(=O)c1cc(F)c(NC(=O)CCC(F)(F)F)c(F)c1. The molecule has 0 aliphatic heterocycles. The lowest BCUT2D eigenvalue weighted by Gasteiger charge is -2.10. The largest absolute Gasteiger partial charge is 0.389 e. The van der Waals surface area contributed by atoms with E-state index in [2.05, 4.69) is 5.14 Å². The normalized spacial score (nSPS) is 12.3. The average molecular weight is 332 g/mol.